The summed E-state index contributed by atoms with van der Waals surface area (Å²) in [6.45, 7) is 0.0589. The molecule has 148 valence electrons. The Morgan fingerprint density at radius 3 is 2.93 bits per heavy atom. The number of hydrogen-bond donors (Lipinski definition) is 4. The summed E-state index contributed by atoms with van der Waals surface area (Å²) in [6, 6.07) is 4.99. The number of ether oxygens (including phenoxy) is 2. The first-order valence-electron chi connectivity index (χ1n) is 8.82. The number of methoxy groups -OCH3 is 1. The van der Waals surface area contributed by atoms with Crippen LogP contribution in [0.5, 0.6) is 11.5 Å². The van der Waals surface area contributed by atoms with E-state index in [1.54, 1.807) is 36.2 Å². The summed E-state index contributed by atoms with van der Waals surface area (Å²) in [5, 5.41) is 32.4. The molecule has 0 amide bonds. The first-order valence-corrected chi connectivity index (χ1v) is 8.82. The maximum atomic E-state index is 10.0. The fraction of sp³-hybridized carbons (Fsp3) is 0.389. The number of aromatic hydroxyl groups is 1. The Bertz CT molecular complexity index is 978. The van der Waals surface area contributed by atoms with Crippen molar-refractivity contribution in [2.75, 3.05) is 19.0 Å². The summed E-state index contributed by atoms with van der Waals surface area (Å²) in [7, 11) is 1.56. The van der Waals surface area contributed by atoms with Gasteiger partial charge in [0.2, 0.25) is 0 Å². The molecule has 10 heteroatoms. The number of rotatable bonds is 6. The van der Waals surface area contributed by atoms with E-state index < -0.39 is 18.4 Å². The summed E-state index contributed by atoms with van der Waals surface area (Å²) in [6.07, 6.45) is 1.47. The van der Waals surface area contributed by atoms with Gasteiger partial charge >= 0.3 is 0 Å². The fourth-order valence-corrected chi connectivity index (χ4v) is 3.25. The summed E-state index contributed by atoms with van der Waals surface area (Å²) < 4.78 is 12.6. The zero-order valence-electron chi connectivity index (χ0n) is 15.2. The van der Waals surface area contributed by atoms with Crippen LogP contribution in [0.25, 0.3) is 11.2 Å². The Morgan fingerprint density at radius 2 is 2.18 bits per heavy atom. The average molecular weight is 387 g/mol. The topological polar surface area (TPSA) is 135 Å². The van der Waals surface area contributed by atoms with Gasteiger partial charge in [0.25, 0.3) is 0 Å². The van der Waals surface area contributed by atoms with Crippen LogP contribution in [0.1, 0.15) is 18.2 Å². The molecule has 1 saturated heterocycles. The van der Waals surface area contributed by atoms with Gasteiger partial charge in [-0.25, -0.2) is 15.0 Å². The number of phenols is 1. The summed E-state index contributed by atoms with van der Waals surface area (Å²) in [4.78, 5) is 12.9. The van der Waals surface area contributed by atoms with Crippen LogP contribution in [0.3, 0.4) is 0 Å². The maximum absolute atomic E-state index is 10.0. The average Bonchev–Trinajstić information content (AvgIpc) is 3.30. The van der Waals surface area contributed by atoms with Crippen LogP contribution in [0.4, 0.5) is 5.82 Å². The standard InChI is InChI=1S/C18H21N5O5/c1-27-11-2-3-12(25)10(4-11)6-19-17-16-18(21-8-20-17)23(9-22-16)15-5-13(26)14(7-24)28-15/h2-4,8-9,13-15,24-26H,5-7H2,1H3,(H,19,20,21)/t13-,14+,15?/m0/s1. The zero-order chi connectivity index (χ0) is 19.7. The van der Waals surface area contributed by atoms with Gasteiger partial charge in [-0.05, 0) is 18.2 Å². The molecular weight excluding hydrogens is 366 g/mol. The quantitative estimate of drug-likeness (QED) is 0.484. The van der Waals surface area contributed by atoms with Gasteiger partial charge in [0.05, 0.1) is 26.1 Å². The Labute approximate surface area is 160 Å². The van der Waals surface area contributed by atoms with E-state index in [1.165, 1.54) is 6.33 Å². The predicted octanol–water partition coefficient (Wildman–Crippen LogP) is 0.793. The number of nitrogens with zero attached hydrogens (tertiary/aromatic N) is 4. The fourth-order valence-electron chi connectivity index (χ4n) is 3.25. The Kier molecular flexibility index (Phi) is 4.99. The normalized spacial score (nSPS) is 21.9. The van der Waals surface area contributed by atoms with Gasteiger partial charge < -0.3 is 30.1 Å². The van der Waals surface area contributed by atoms with Gasteiger partial charge in [0, 0.05) is 18.5 Å². The van der Waals surface area contributed by atoms with E-state index in [0.717, 1.165) is 0 Å². The van der Waals surface area contributed by atoms with E-state index >= 15 is 0 Å². The minimum atomic E-state index is -0.747. The number of anilines is 1. The Morgan fingerprint density at radius 1 is 1.32 bits per heavy atom. The van der Waals surface area contributed by atoms with Crippen molar-refractivity contribution in [3.05, 3.63) is 36.4 Å². The van der Waals surface area contributed by atoms with E-state index in [2.05, 4.69) is 20.3 Å². The van der Waals surface area contributed by atoms with Crippen LogP contribution < -0.4 is 10.1 Å². The van der Waals surface area contributed by atoms with Crippen LogP contribution in [-0.4, -0.2) is 60.8 Å². The van der Waals surface area contributed by atoms with Crippen molar-refractivity contribution in [2.45, 2.75) is 31.4 Å². The number of aromatic nitrogens is 4. The van der Waals surface area contributed by atoms with E-state index in [4.69, 9.17) is 9.47 Å². The number of aliphatic hydroxyl groups is 2. The molecule has 4 N–H and O–H groups in total. The zero-order valence-corrected chi connectivity index (χ0v) is 15.2. The molecule has 1 unspecified atom stereocenters. The molecular formula is C18H21N5O5. The van der Waals surface area contributed by atoms with Gasteiger partial charge in [-0.2, -0.15) is 0 Å². The van der Waals surface area contributed by atoms with Crippen LogP contribution in [-0.2, 0) is 11.3 Å². The number of nitrogens with one attached hydrogen (secondary N) is 1. The lowest BCUT2D eigenvalue weighted by Gasteiger charge is -2.14. The van der Waals surface area contributed by atoms with Gasteiger partial charge in [-0.3, -0.25) is 4.57 Å². The second-order valence-corrected chi connectivity index (χ2v) is 6.51. The summed E-state index contributed by atoms with van der Waals surface area (Å²) >= 11 is 0. The number of imidazole rings is 1. The SMILES string of the molecule is COc1ccc(O)c(CNc2ncnc3c2ncn3C2C[C@H](O)[C@@H](CO)O2)c1. The molecule has 1 aromatic carbocycles. The highest BCUT2D eigenvalue weighted by atomic mass is 16.5. The number of aliphatic hydroxyl groups excluding tert-OH is 2. The van der Waals surface area contributed by atoms with Gasteiger partial charge in [-0.1, -0.05) is 0 Å². The van der Waals surface area contributed by atoms with E-state index in [9.17, 15) is 15.3 Å². The second kappa shape index (κ2) is 7.58. The molecule has 0 radical (unpaired) electrons. The van der Waals surface area contributed by atoms with Crippen molar-refractivity contribution in [3.8, 4) is 11.5 Å². The van der Waals surface area contributed by atoms with Crippen molar-refractivity contribution in [1.29, 1.82) is 0 Å². The molecule has 0 aliphatic carbocycles. The lowest BCUT2D eigenvalue weighted by Crippen LogP contribution is -2.24. The molecule has 1 aliphatic rings. The molecule has 1 fully saturated rings. The molecule has 3 atom stereocenters. The van der Waals surface area contributed by atoms with Crippen molar-refractivity contribution < 1.29 is 24.8 Å². The van der Waals surface area contributed by atoms with Crippen molar-refractivity contribution in [2.24, 2.45) is 0 Å². The lowest BCUT2D eigenvalue weighted by molar-refractivity contribution is -0.0432. The number of hydrogen-bond acceptors (Lipinski definition) is 9. The first kappa shape index (κ1) is 18.4. The molecule has 28 heavy (non-hydrogen) atoms. The van der Waals surface area contributed by atoms with Crippen LogP contribution in [0.2, 0.25) is 0 Å². The van der Waals surface area contributed by atoms with E-state index in [1.807, 2.05) is 0 Å². The molecule has 4 rings (SSSR count). The predicted molar refractivity (Wildman–Crippen MR) is 98.9 cm³/mol. The van der Waals surface area contributed by atoms with Crippen LogP contribution in [0, 0.1) is 0 Å². The molecule has 1 aliphatic heterocycles. The third-order valence-corrected chi connectivity index (χ3v) is 4.79. The maximum Gasteiger partial charge on any atom is 0.167 e. The van der Waals surface area contributed by atoms with Crippen LogP contribution in [0.15, 0.2) is 30.9 Å². The molecule has 3 heterocycles. The summed E-state index contributed by atoms with van der Waals surface area (Å²) in [5.74, 6) is 1.29. The van der Waals surface area contributed by atoms with E-state index in [-0.39, 0.29) is 12.4 Å². The number of fused-ring (bicyclic) bond motifs is 1. The molecule has 0 spiro atoms. The van der Waals surface area contributed by atoms with Crippen molar-refractivity contribution in [3.63, 3.8) is 0 Å². The molecule has 10 nitrogen and oxygen atoms in total. The van der Waals surface area contributed by atoms with Gasteiger partial charge in [-0.15, -0.1) is 0 Å². The molecule has 3 aromatic rings. The van der Waals surface area contributed by atoms with Gasteiger partial charge in [0.1, 0.15) is 30.2 Å². The molecule has 0 saturated carbocycles. The molecule has 2 aromatic heterocycles. The number of phenolic OH excluding ortho intramolecular Hbond substituents is 1. The largest absolute Gasteiger partial charge is 0.508 e. The highest BCUT2D eigenvalue weighted by Crippen LogP contribution is 2.32. The smallest absolute Gasteiger partial charge is 0.167 e. The van der Waals surface area contributed by atoms with Crippen LogP contribution >= 0.6 is 0 Å². The third kappa shape index (κ3) is 3.33. The minimum Gasteiger partial charge on any atom is -0.508 e. The number of benzene rings is 1. The first-order chi connectivity index (χ1) is 13.6. The Hall–Kier alpha value is -2.95. The highest BCUT2D eigenvalue weighted by Gasteiger charge is 2.35. The minimum absolute atomic E-state index is 0.146. The van der Waals surface area contributed by atoms with Crippen molar-refractivity contribution >= 4 is 17.0 Å². The summed E-state index contributed by atoms with van der Waals surface area (Å²) in [5.41, 5.74) is 1.73. The van der Waals surface area contributed by atoms with Crippen molar-refractivity contribution in [1.82, 2.24) is 19.5 Å². The van der Waals surface area contributed by atoms with Gasteiger partial charge in [0.15, 0.2) is 17.0 Å². The monoisotopic (exact) mass is 387 g/mol. The second-order valence-electron chi connectivity index (χ2n) is 6.51. The molecule has 0 bridgehead atoms. The lowest BCUT2D eigenvalue weighted by atomic mass is 10.2. The Balaban J connectivity index is 1.57. The highest BCUT2D eigenvalue weighted by molar-refractivity contribution is 5.82. The van der Waals surface area contributed by atoms with E-state index in [0.29, 0.717) is 41.3 Å². The third-order valence-electron chi connectivity index (χ3n) is 4.79.